The van der Waals surface area contributed by atoms with Gasteiger partial charge in [-0.05, 0) is 71.9 Å². The van der Waals surface area contributed by atoms with E-state index in [0.717, 1.165) is 36.8 Å². The molecule has 1 aliphatic heterocycles. The number of nitrogens with one attached hydrogen (secondary N) is 2. The van der Waals surface area contributed by atoms with Crippen LogP contribution in [0.1, 0.15) is 37.8 Å². The first-order valence-corrected chi connectivity index (χ1v) is 10.6. The fraction of sp³-hybridized carbons (Fsp3) is 0.682. The van der Waals surface area contributed by atoms with Crippen LogP contribution in [0.2, 0.25) is 0 Å². The predicted molar refractivity (Wildman–Crippen MR) is 118 cm³/mol. The summed E-state index contributed by atoms with van der Waals surface area (Å²) in [6.45, 7) is 13.7. The van der Waals surface area contributed by atoms with Gasteiger partial charge in [0.25, 0.3) is 0 Å². The molecule has 158 valence electrons. The van der Waals surface area contributed by atoms with Gasteiger partial charge < -0.3 is 25.2 Å². The largest absolute Gasteiger partial charge is 0.491 e. The molecule has 0 saturated carbocycles. The minimum absolute atomic E-state index is 0.164. The maximum absolute atomic E-state index is 5.97. The zero-order valence-electron chi connectivity index (χ0n) is 18.4. The molecule has 0 unspecified atom stereocenters. The quantitative estimate of drug-likeness (QED) is 0.406. The first-order chi connectivity index (χ1) is 13.5. The number of hydrogen-bond donors (Lipinski definition) is 2. The summed E-state index contributed by atoms with van der Waals surface area (Å²) in [6.07, 6.45) is 2.55. The standard InChI is InChI=1S/C22H39N5O/c1-18(2)28-21-16-19(3)8-9-20(21)17-25-22(23-4)24-10-6-12-27-13-7-11-26(5)14-15-27/h8-9,16,18H,6-7,10-15,17H2,1-5H3,(H2,23,24,25). The van der Waals surface area contributed by atoms with Gasteiger partial charge in [0, 0.05) is 38.8 Å². The van der Waals surface area contributed by atoms with Gasteiger partial charge in [-0.1, -0.05) is 12.1 Å². The third kappa shape index (κ3) is 8.07. The van der Waals surface area contributed by atoms with Crippen LogP contribution in [0.15, 0.2) is 23.2 Å². The number of guanidine groups is 1. The van der Waals surface area contributed by atoms with E-state index in [1.54, 1.807) is 0 Å². The molecular formula is C22H39N5O. The van der Waals surface area contributed by atoms with E-state index in [4.69, 9.17) is 4.74 Å². The fourth-order valence-electron chi connectivity index (χ4n) is 3.40. The van der Waals surface area contributed by atoms with Crippen molar-refractivity contribution < 1.29 is 4.74 Å². The molecule has 0 bridgehead atoms. The summed E-state index contributed by atoms with van der Waals surface area (Å²) in [5, 5.41) is 6.85. The van der Waals surface area contributed by atoms with E-state index >= 15 is 0 Å². The summed E-state index contributed by atoms with van der Waals surface area (Å²) in [5.74, 6) is 1.79. The van der Waals surface area contributed by atoms with Gasteiger partial charge in [0.05, 0.1) is 6.10 Å². The average Bonchev–Trinajstić information content (AvgIpc) is 2.86. The predicted octanol–water partition coefficient (Wildman–Crippen LogP) is 2.47. The Morgan fingerprint density at radius 3 is 2.75 bits per heavy atom. The Hall–Kier alpha value is -1.79. The Morgan fingerprint density at radius 2 is 2.00 bits per heavy atom. The number of rotatable bonds is 8. The highest BCUT2D eigenvalue weighted by Crippen LogP contribution is 2.21. The lowest BCUT2D eigenvalue weighted by molar-refractivity contribution is 0.239. The Labute approximate surface area is 171 Å². The van der Waals surface area contributed by atoms with Crippen molar-refractivity contribution in [1.82, 2.24) is 20.4 Å². The molecule has 2 N–H and O–H groups in total. The van der Waals surface area contributed by atoms with Crippen LogP contribution in [0.5, 0.6) is 5.75 Å². The molecule has 0 aromatic heterocycles. The Bertz CT molecular complexity index is 617. The Kier molecular flexibility index (Phi) is 9.58. The molecule has 1 aromatic rings. The molecule has 0 aliphatic carbocycles. The Morgan fingerprint density at radius 1 is 1.18 bits per heavy atom. The lowest BCUT2D eigenvalue weighted by Crippen LogP contribution is -2.38. The zero-order valence-corrected chi connectivity index (χ0v) is 18.4. The Balaban J connectivity index is 1.74. The molecule has 1 saturated heterocycles. The number of ether oxygens (including phenoxy) is 1. The van der Waals surface area contributed by atoms with Gasteiger partial charge in [-0.2, -0.15) is 0 Å². The van der Waals surface area contributed by atoms with Crippen LogP contribution >= 0.6 is 0 Å². The number of likely N-dealkylation sites (N-methyl/N-ethyl adjacent to an activating group) is 1. The molecule has 0 atom stereocenters. The molecule has 1 aromatic carbocycles. The fourth-order valence-corrected chi connectivity index (χ4v) is 3.40. The molecular weight excluding hydrogens is 350 g/mol. The normalized spacial score (nSPS) is 16.9. The number of benzene rings is 1. The minimum atomic E-state index is 0.164. The molecule has 0 radical (unpaired) electrons. The summed E-state index contributed by atoms with van der Waals surface area (Å²) in [5.41, 5.74) is 2.36. The molecule has 6 nitrogen and oxygen atoms in total. The molecule has 1 fully saturated rings. The average molecular weight is 390 g/mol. The third-order valence-electron chi connectivity index (χ3n) is 5.01. The maximum Gasteiger partial charge on any atom is 0.191 e. The van der Waals surface area contributed by atoms with E-state index < -0.39 is 0 Å². The summed E-state index contributed by atoms with van der Waals surface area (Å²) >= 11 is 0. The van der Waals surface area contributed by atoms with Crippen molar-refractivity contribution in [3.05, 3.63) is 29.3 Å². The molecule has 0 amide bonds. The maximum atomic E-state index is 5.97. The molecule has 2 rings (SSSR count). The summed E-state index contributed by atoms with van der Waals surface area (Å²) < 4.78 is 5.97. The topological polar surface area (TPSA) is 52.1 Å². The first-order valence-electron chi connectivity index (χ1n) is 10.6. The summed E-state index contributed by atoms with van der Waals surface area (Å²) in [6, 6.07) is 6.36. The SMILES string of the molecule is CN=C(NCCCN1CCCN(C)CC1)NCc1ccc(C)cc1OC(C)C. The van der Waals surface area contributed by atoms with Gasteiger partial charge in [0.1, 0.15) is 5.75 Å². The van der Waals surface area contributed by atoms with E-state index in [9.17, 15) is 0 Å². The van der Waals surface area contributed by atoms with E-state index in [-0.39, 0.29) is 6.10 Å². The highest BCUT2D eigenvalue weighted by Gasteiger charge is 2.11. The van der Waals surface area contributed by atoms with E-state index in [2.05, 4.69) is 71.4 Å². The van der Waals surface area contributed by atoms with Crippen LogP contribution in [-0.2, 0) is 6.54 Å². The van der Waals surface area contributed by atoms with Crippen molar-refractivity contribution in [1.29, 1.82) is 0 Å². The van der Waals surface area contributed by atoms with Gasteiger partial charge in [-0.3, -0.25) is 4.99 Å². The molecule has 1 aliphatic rings. The van der Waals surface area contributed by atoms with E-state index in [1.165, 1.54) is 38.2 Å². The van der Waals surface area contributed by atoms with Gasteiger partial charge in [0.15, 0.2) is 5.96 Å². The molecule has 0 spiro atoms. The lowest BCUT2D eigenvalue weighted by atomic mass is 10.1. The zero-order chi connectivity index (χ0) is 20.4. The van der Waals surface area contributed by atoms with Crippen LogP contribution in [0.4, 0.5) is 0 Å². The minimum Gasteiger partial charge on any atom is -0.491 e. The van der Waals surface area contributed by atoms with Crippen molar-refractivity contribution in [2.24, 2.45) is 4.99 Å². The van der Waals surface area contributed by atoms with Crippen molar-refractivity contribution in [2.45, 2.75) is 46.3 Å². The second-order valence-corrected chi connectivity index (χ2v) is 7.98. The highest BCUT2D eigenvalue weighted by atomic mass is 16.5. The monoisotopic (exact) mass is 389 g/mol. The van der Waals surface area contributed by atoms with E-state index in [1.807, 2.05) is 7.05 Å². The van der Waals surface area contributed by atoms with Crippen LogP contribution in [0.25, 0.3) is 0 Å². The number of nitrogens with zero attached hydrogens (tertiary/aromatic N) is 3. The second-order valence-electron chi connectivity index (χ2n) is 7.98. The van der Waals surface area contributed by atoms with Crippen LogP contribution in [-0.4, -0.2) is 75.2 Å². The number of aliphatic imine (C=N–C) groups is 1. The number of hydrogen-bond acceptors (Lipinski definition) is 4. The van der Waals surface area contributed by atoms with Gasteiger partial charge in [-0.25, -0.2) is 0 Å². The van der Waals surface area contributed by atoms with Gasteiger partial charge >= 0.3 is 0 Å². The summed E-state index contributed by atoms with van der Waals surface area (Å²) in [4.78, 5) is 9.35. The van der Waals surface area contributed by atoms with Gasteiger partial charge in [0.2, 0.25) is 0 Å². The first kappa shape index (κ1) is 22.5. The molecule has 1 heterocycles. The van der Waals surface area contributed by atoms with Crippen LogP contribution in [0.3, 0.4) is 0 Å². The number of aryl methyl sites for hydroxylation is 1. The smallest absolute Gasteiger partial charge is 0.191 e. The van der Waals surface area contributed by atoms with Crippen LogP contribution in [0, 0.1) is 6.92 Å². The van der Waals surface area contributed by atoms with Gasteiger partial charge in [-0.15, -0.1) is 0 Å². The molecule has 28 heavy (non-hydrogen) atoms. The molecule has 6 heteroatoms. The summed E-state index contributed by atoms with van der Waals surface area (Å²) in [7, 11) is 4.03. The lowest BCUT2D eigenvalue weighted by Gasteiger charge is -2.20. The van der Waals surface area contributed by atoms with E-state index in [0.29, 0.717) is 6.54 Å². The highest BCUT2D eigenvalue weighted by molar-refractivity contribution is 5.79. The van der Waals surface area contributed by atoms with Crippen LogP contribution < -0.4 is 15.4 Å². The van der Waals surface area contributed by atoms with Crippen molar-refractivity contribution in [3.8, 4) is 5.75 Å². The van der Waals surface area contributed by atoms with Crippen molar-refractivity contribution in [2.75, 3.05) is 53.4 Å². The third-order valence-corrected chi connectivity index (χ3v) is 5.01. The van der Waals surface area contributed by atoms with Crippen molar-refractivity contribution in [3.63, 3.8) is 0 Å². The second kappa shape index (κ2) is 11.9. The van der Waals surface area contributed by atoms with Crippen molar-refractivity contribution >= 4 is 5.96 Å².